The first-order valence-electron chi connectivity index (χ1n) is 12.8. The van der Waals surface area contributed by atoms with Crippen molar-refractivity contribution in [3.8, 4) is 0 Å². The van der Waals surface area contributed by atoms with E-state index in [0.29, 0.717) is 26.1 Å². The second-order valence-corrected chi connectivity index (χ2v) is 9.82. The molecule has 2 aliphatic rings. The molecule has 0 aliphatic carbocycles. The average molecular weight is 508 g/mol. The van der Waals surface area contributed by atoms with Gasteiger partial charge < -0.3 is 19.5 Å². The second-order valence-electron chi connectivity index (χ2n) is 9.82. The molecule has 2 aliphatic heterocycles. The molecule has 0 radical (unpaired) electrons. The molecule has 0 unspecified atom stereocenters. The standard InChI is InChI=1S/C26H33N7O4/c1-17-5-6-20-21(33(17)26(36)37-3)7-8-22-25(20)29-23(10-14-31-12-4-11-27-31)32(22)16-24(35)30-13-9-19(15-30)28-18(2)34/h4,7-8,11-12,17,19H,5-6,9-10,13-16H2,1-3H3,(H,28,34)/t17-,19-/m0/s1. The summed E-state index contributed by atoms with van der Waals surface area (Å²) in [4.78, 5) is 45.9. The van der Waals surface area contributed by atoms with Crippen LogP contribution in [0.5, 0.6) is 0 Å². The number of aryl methyl sites for hydroxylation is 3. The fraction of sp³-hybridized carbons (Fsp3) is 0.500. The van der Waals surface area contributed by atoms with E-state index in [0.717, 1.165) is 47.4 Å². The fourth-order valence-electron chi connectivity index (χ4n) is 5.49. The van der Waals surface area contributed by atoms with Gasteiger partial charge in [0.2, 0.25) is 11.8 Å². The topological polar surface area (TPSA) is 115 Å². The molecule has 11 nitrogen and oxygen atoms in total. The highest BCUT2D eigenvalue weighted by atomic mass is 16.5. The number of hydrogen-bond donors (Lipinski definition) is 1. The van der Waals surface area contributed by atoms with Crippen LogP contribution in [-0.2, 0) is 40.3 Å². The van der Waals surface area contributed by atoms with Gasteiger partial charge in [0.15, 0.2) is 0 Å². The number of carbonyl (C=O) groups is 3. The van der Waals surface area contributed by atoms with Crippen LogP contribution in [0.2, 0.25) is 0 Å². The Kier molecular flexibility index (Phi) is 6.86. The zero-order valence-corrected chi connectivity index (χ0v) is 21.5. The summed E-state index contributed by atoms with van der Waals surface area (Å²) in [6.45, 7) is 5.42. The Bertz CT molecular complexity index is 1320. The number of fused-ring (bicyclic) bond motifs is 3. The van der Waals surface area contributed by atoms with E-state index in [2.05, 4.69) is 10.4 Å². The van der Waals surface area contributed by atoms with Crippen molar-refractivity contribution >= 4 is 34.6 Å². The highest BCUT2D eigenvalue weighted by Gasteiger charge is 2.32. The van der Waals surface area contributed by atoms with Gasteiger partial charge in [0.25, 0.3) is 0 Å². The molecule has 4 heterocycles. The molecule has 5 rings (SSSR count). The van der Waals surface area contributed by atoms with Crippen LogP contribution in [0.1, 0.15) is 38.1 Å². The molecule has 3 aromatic rings. The van der Waals surface area contributed by atoms with Crippen molar-refractivity contribution in [1.29, 1.82) is 0 Å². The van der Waals surface area contributed by atoms with Crippen LogP contribution in [0.25, 0.3) is 11.0 Å². The third-order valence-corrected chi connectivity index (χ3v) is 7.33. The molecule has 196 valence electrons. The number of nitrogens with zero attached hydrogens (tertiary/aromatic N) is 6. The van der Waals surface area contributed by atoms with Crippen molar-refractivity contribution in [3.05, 3.63) is 42.0 Å². The number of methoxy groups -OCH3 is 1. The second kappa shape index (κ2) is 10.2. The van der Waals surface area contributed by atoms with Crippen LogP contribution in [0.4, 0.5) is 10.5 Å². The lowest BCUT2D eigenvalue weighted by molar-refractivity contribution is -0.131. The fourth-order valence-corrected chi connectivity index (χ4v) is 5.49. The van der Waals surface area contributed by atoms with E-state index in [4.69, 9.17) is 9.72 Å². The molecule has 2 aromatic heterocycles. The van der Waals surface area contributed by atoms with E-state index >= 15 is 0 Å². The normalized spacial score (nSPS) is 19.2. The van der Waals surface area contributed by atoms with Gasteiger partial charge in [-0.25, -0.2) is 9.78 Å². The summed E-state index contributed by atoms with van der Waals surface area (Å²) in [5, 5.41) is 7.21. The maximum Gasteiger partial charge on any atom is 0.414 e. The molecule has 1 aromatic carbocycles. The van der Waals surface area contributed by atoms with Crippen LogP contribution >= 0.6 is 0 Å². The molecule has 0 saturated carbocycles. The number of carbonyl (C=O) groups excluding carboxylic acids is 3. The van der Waals surface area contributed by atoms with E-state index in [1.165, 1.54) is 14.0 Å². The first-order chi connectivity index (χ1) is 17.9. The SMILES string of the molecule is COC(=O)N1c2ccc3c(nc(CCn4cccn4)n3CC(=O)N3CC[C@H](NC(C)=O)C3)c2CC[C@@H]1C. The van der Waals surface area contributed by atoms with Crippen LogP contribution in [0.3, 0.4) is 0 Å². The number of nitrogens with one attached hydrogen (secondary N) is 1. The lowest BCUT2D eigenvalue weighted by Gasteiger charge is -2.34. The van der Waals surface area contributed by atoms with Crippen LogP contribution in [0.15, 0.2) is 30.6 Å². The zero-order valence-electron chi connectivity index (χ0n) is 21.5. The largest absolute Gasteiger partial charge is 0.452 e. The summed E-state index contributed by atoms with van der Waals surface area (Å²) in [6.07, 6.45) is 6.20. The minimum atomic E-state index is -0.385. The van der Waals surface area contributed by atoms with Crippen molar-refractivity contribution in [2.45, 2.75) is 64.7 Å². The van der Waals surface area contributed by atoms with Crippen molar-refractivity contribution in [2.75, 3.05) is 25.1 Å². The minimum absolute atomic E-state index is 0.00461. The summed E-state index contributed by atoms with van der Waals surface area (Å²) in [6, 6.07) is 5.77. The number of benzene rings is 1. The Morgan fingerprint density at radius 3 is 2.78 bits per heavy atom. The maximum absolute atomic E-state index is 13.4. The molecule has 1 saturated heterocycles. The number of aromatic nitrogens is 4. The number of rotatable bonds is 6. The van der Waals surface area contributed by atoms with Crippen molar-refractivity contribution < 1.29 is 19.1 Å². The van der Waals surface area contributed by atoms with Gasteiger partial charge in [0.1, 0.15) is 12.4 Å². The van der Waals surface area contributed by atoms with Crippen LogP contribution < -0.4 is 10.2 Å². The predicted octanol–water partition coefficient (Wildman–Crippen LogP) is 2.12. The van der Waals surface area contributed by atoms with E-state index in [1.54, 1.807) is 11.1 Å². The van der Waals surface area contributed by atoms with Gasteiger partial charge in [0, 0.05) is 63.0 Å². The molecule has 3 amide bonds. The van der Waals surface area contributed by atoms with E-state index < -0.39 is 0 Å². The Hall–Kier alpha value is -3.89. The molecule has 1 fully saturated rings. The average Bonchev–Trinajstić information content (AvgIpc) is 3.62. The number of anilines is 1. The van der Waals surface area contributed by atoms with Gasteiger partial charge in [-0.2, -0.15) is 5.10 Å². The summed E-state index contributed by atoms with van der Waals surface area (Å²) in [5.41, 5.74) is 3.50. The highest BCUT2D eigenvalue weighted by molar-refractivity contribution is 5.95. The summed E-state index contributed by atoms with van der Waals surface area (Å²) in [5.74, 6) is 0.712. The Morgan fingerprint density at radius 1 is 1.22 bits per heavy atom. The van der Waals surface area contributed by atoms with Gasteiger partial charge in [0.05, 0.1) is 23.8 Å². The molecule has 0 spiro atoms. The Labute approximate surface area is 215 Å². The van der Waals surface area contributed by atoms with E-state index in [1.807, 2.05) is 45.5 Å². The van der Waals surface area contributed by atoms with Crippen LogP contribution in [0, 0.1) is 0 Å². The predicted molar refractivity (Wildman–Crippen MR) is 137 cm³/mol. The summed E-state index contributed by atoms with van der Waals surface area (Å²) >= 11 is 0. The number of likely N-dealkylation sites (tertiary alicyclic amines) is 1. The minimum Gasteiger partial charge on any atom is -0.452 e. The van der Waals surface area contributed by atoms with Crippen molar-refractivity contribution in [2.24, 2.45) is 0 Å². The number of imidazole rings is 1. The lowest BCUT2D eigenvalue weighted by Crippen LogP contribution is -2.42. The van der Waals surface area contributed by atoms with Gasteiger partial charge >= 0.3 is 6.09 Å². The molecule has 0 bridgehead atoms. The monoisotopic (exact) mass is 507 g/mol. The van der Waals surface area contributed by atoms with Gasteiger partial charge in [-0.15, -0.1) is 0 Å². The third kappa shape index (κ3) is 4.90. The third-order valence-electron chi connectivity index (χ3n) is 7.33. The first-order valence-corrected chi connectivity index (χ1v) is 12.8. The molecular formula is C26H33N7O4. The van der Waals surface area contributed by atoms with E-state index in [-0.39, 0.29) is 36.5 Å². The molecule has 11 heteroatoms. The quantitative estimate of drug-likeness (QED) is 0.547. The molecular weight excluding hydrogens is 474 g/mol. The van der Waals surface area contributed by atoms with Crippen molar-refractivity contribution in [3.63, 3.8) is 0 Å². The molecule has 1 N–H and O–H groups in total. The zero-order chi connectivity index (χ0) is 26.1. The summed E-state index contributed by atoms with van der Waals surface area (Å²) in [7, 11) is 1.39. The van der Waals surface area contributed by atoms with Crippen LogP contribution in [-0.4, -0.2) is 74.4 Å². The highest BCUT2D eigenvalue weighted by Crippen LogP contribution is 2.36. The Morgan fingerprint density at radius 2 is 2.05 bits per heavy atom. The Balaban J connectivity index is 1.48. The number of amides is 3. The summed E-state index contributed by atoms with van der Waals surface area (Å²) < 4.78 is 8.90. The maximum atomic E-state index is 13.4. The number of hydrogen-bond acceptors (Lipinski definition) is 6. The van der Waals surface area contributed by atoms with Gasteiger partial charge in [-0.3, -0.25) is 19.2 Å². The van der Waals surface area contributed by atoms with E-state index in [9.17, 15) is 14.4 Å². The smallest absolute Gasteiger partial charge is 0.414 e. The van der Waals surface area contributed by atoms with Gasteiger partial charge in [-0.1, -0.05) is 0 Å². The first kappa shape index (κ1) is 24.8. The van der Waals surface area contributed by atoms with Crippen molar-refractivity contribution in [1.82, 2.24) is 29.5 Å². The molecule has 2 atom stereocenters. The lowest BCUT2D eigenvalue weighted by atomic mass is 9.96. The van der Waals surface area contributed by atoms with Gasteiger partial charge in [-0.05, 0) is 44.4 Å². The molecule has 37 heavy (non-hydrogen) atoms. The number of ether oxygens (including phenoxy) is 1.